The van der Waals surface area contributed by atoms with E-state index < -0.39 is 22.8 Å². The Kier molecular flexibility index (Phi) is 6.55. The van der Waals surface area contributed by atoms with E-state index in [2.05, 4.69) is 13.0 Å². The Labute approximate surface area is 217 Å². The van der Waals surface area contributed by atoms with Gasteiger partial charge in [0.1, 0.15) is 11.6 Å². The number of rotatable bonds is 5. The Hall–Kier alpha value is -2.90. The van der Waals surface area contributed by atoms with Crippen molar-refractivity contribution in [3.05, 3.63) is 105 Å². The zero-order valence-electron chi connectivity index (χ0n) is 19.8. The van der Waals surface area contributed by atoms with Gasteiger partial charge in [0.05, 0.1) is 11.4 Å². The molecular weight excluding hydrogens is 505 g/mol. The molecule has 1 N–H and O–H groups in total. The fourth-order valence-corrected chi connectivity index (χ4v) is 6.12. The van der Waals surface area contributed by atoms with Crippen molar-refractivity contribution in [3.63, 3.8) is 0 Å². The predicted octanol–water partition coefficient (Wildman–Crippen LogP) is 7.89. The van der Waals surface area contributed by atoms with E-state index in [1.54, 1.807) is 12.1 Å². The number of aryl methyl sites for hydroxylation is 2. The van der Waals surface area contributed by atoms with Gasteiger partial charge >= 0.3 is 0 Å². The molecular formula is C28H24ClF3N2OS. The molecule has 4 aromatic rings. The lowest BCUT2D eigenvalue weighted by Crippen LogP contribution is -2.31. The minimum Gasteiger partial charge on any atom is -0.505 e. The lowest BCUT2D eigenvalue weighted by Gasteiger charge is -2.36. The monoisotopic (exact) mass is 528 g/mol. The number of nitrogens with zero attached hydrogens (tertiary/aromatic N) is 2. The summed E-state index contributed by atoms with van der Waals surface area (Å²) in [6, 6.07) is 14.2. The molecule has 1 heterocycles. The van der Waals surface area contributed by atoms with E-state index in [-0.39, 0.29) is 17.1 Å². The minimum atomic E-state index is -0.978. The first-order chi connectivity index (χ1) is 17.2. The number of aromatic nitrogens is 2. The van der Waals surface area contributed by atoms with Crippen LogP contribution in [0.15, 0.2) is 59.8 Å². The third-order valence-electron chi connectivity index (χ3n) is 6.92. The van der Waals surface area contributed by atoms with Crippen LogP contribution in [0, 0.1) is 24.4 Å². The molecule has 3 nitrogen and oxygen atoms in total. The first-order valence-corrected chi connectivity index (χ1v) is 13.0. The lowest BCUT2D eigenvalue weighted by molar-refractivity contribution is 0.424. The molecule has 1 aliphatic carbocycles. The van der Waals surface area contributed by atoms with Crippen molar-refractivity contribution in [2.45, 2.75) is 49.4 Å². The van der Waals surface area contributed by atoms with Gasteiger partial charge in [-0.2, -0.15) is 0 Å². The van der Waals surface area contributed by atoms with Gasteiger partial charge in [0.25, 0.3) is 0 Å². The minimum absolute atomic E-state index is 0.0695. The first-order valence-electron chi connectivity index (χ1n) is 11.6. The van der Waals surface area contributed by atoms with Gasteiger partial charge in [-0.1, -0.05) is 35.5 Å². The van der Waals surface area contributed by atoms with Gasteiger partial charge < -0.3 is 5.11 Å². The molecule has 0 spiro atoms. The summed E-state index contributed by atoms with van der Waals surface area (Å²) < 4.78 is 44.7. The number of thioether (sulfide) groups is 1. The highest BCUT2D eigenvalue weighted by Gasteiger charge is 2.39. The molecule has 8 heteroatoms. The van der Waals surface area contributed by atoms with Gasteiger partial charge in [0.15, 0.2) is 16.7 Å². The average molecular weight is 529 g/mol. The molecule has 0 saturated carbocycles. The molecule has 1 aromatic heterocycles. The number of halogens is 4. The highest BCUT2D eigenvalue weighted by molar-refractivity contribution is 7.98. The van der Waals surface area contributed by atoms with E-state index in [1.807, 2.05) is 23.6 Å². The molecule has 5 rings (SSSR count). The average Bonchev–Trinajstić information content (AvgIpc) is 3.23. The van der Waals surface area contributed by atoms with E-state index in [1.165, 1.54) is 23.9 Å². The van der Waals surface area contributed by atoms with Gasteiger partial charge in [0, 0.05) is 27.4 Å². The van der Waals surface area contributed by atoms with Gasteiger partial charge in [-0.15, -0.1) is 0 Å². The molecule has 0 bridgehead atoms. The molecule has 0 amide bonds. The number of hydrogen-bond acceptors (Lipinski definition) is 3. The van der Waals surface area contributed by atoms with Crippen molar-refractivity contribution in [3.8, 4) is 11.4 Å². The Morgan fingerprint density at radius 2 is 1.83 bits per heavy atom. The third-order valence-corrected chi connectivity index (χ3v) is 8.31. The van der Waals surface area contributed by atoms with E-state index in [0.717, 1.165) is 53.9 Å². The largest absolute Gasteiger partial charge is 0.505 e. The normalized spacial score (nSPS) is 17.3. The molecule has 3 aromatic carbocycles. The summed E-state index contributed by atoms with van der Waals surface area (Å²) in [7, 11) is 0. The second-order valence-electron chi connectivity index (χ2n) is 9.30. The van der Waals surface area contributed by atoms with Crippen molar-refractivity contribution < 1.29 is 18.3 Å². The summed E-state index contributed by atoms with van der Waals surface area (Å²) in [6.45, 7) is 4.13. The fourth-order valence-electron chi connectivity index (χ4n) is 4.96. The number of imidazole rings is 1. The van der Waals surface area contributed by atoms with Gasteiger partial charge in [-0.25, -0.2) is 18.2 Å². The van der Waals surface area contributed by atoms with Crippen LogP contribution >= 0.6 is 23.4 Å². The molecule has 36 heavy (non-hydrogen) atoms. The van der Waals surface area contributed by atoms with Crippen molar-refractivity contribution in [1.82, 2.24) is 9.55 Å². The summed E-state index contributed by atoms with van der Waals surface area (Å²) in [5.41, 5.74) is 4.02. The van der Waals surface area contributed by atoms with Crippen LogP contribution in [-0.2, 0) is 17.6 Å². The molecule has 1 aliphatic rings. The molecule has 1 atom stereocenters. The van der Waals surface area contributed by atoms with Crippen LogP contribution in [0.4, 0.5) is 13.2 Å². The predicted molar refractivity (Wildman–Crippen MR) is 137 cm³/mol. The van der Waals surface area contributed by atoms with Crippen molar-refractivity contribution in [2.75, 3.05) is 0 Å². The van der Waals surface area contributed by atoms with Crippen LogP contribution in [0.1, 0.15) is 47.8 Å². The van der Waals surface area contributed by atoms with Crippen LogP contribution in [-0.4, -0.2) is 14.7 Å². The smallest absolute Gasteiger partial charge is 0.173 e. The fraction of sp³-hybridized carbons (Fsp3) is 0.250. The maximum atomic E-state index is 14.5. The number of hydrogen-bond donors (Lipinski definition) is 1. The Balaban J connectivity index is 1.66. The van der Waals surface area contributed by atoms with E-state index >= 15 is 0 Å². The highest BCUT2D eigenvalue weighted by atomic mass is 35.5. The topological polar surface area (TPSA) is 38.1 Å². The Bertz CT molecular complexity index is 1450. The van der Waals surface area contributed by atoms with E-state index in [9.17, 15) is 18.3 Å². The molecule has 0 radical (unpaired) electrons. The maximum Gasteiger partial charge on any atom is 0.173 e. The number of phenols is 1. The quantitative estimate of drug-likeness (QED) is 0.268. The maximum absolute atomic E-state index is 14.5. The van der Waals surface area contributed by atoms with E-state index in [4.69, 9.17) is 16.6 Å². The summed E-state index contributed by atoms with van der Waals surface area (Å²) in [5, 5.41) is 11.0. The van der Waals surface area contributed by atoms with Crippen LogP contribution in [0.3, 0.4) is 0 Å². The van der Waals surface area contributed by atoms with Gasteiger partial charge in [-0.3, -0.25) is 4.57 Å². The second kappa shape index (κ2) is 9.52. The SMILES string of the molecule is Cc1cc(C2(C)CCCc3nc(SCc4c(F)ccc(O)c4F)n(-c4ccc(F)cc4)c32)ccc1Cl. The first kappa shape index (κ1) is 24.8. The third kappa shape index (κ3) is 4.28. The van der Waals surface area contributed by atoms with Crippen molar-refractivity contribution >= 4 is 23.4 Å². The van der Waals surface area contributed by atoms with Crippen LogP contribution in [0.25, 0.3) is 5.69 Å². The van der Waals surface area contributed by atoms with Crippen LogP contribution < -0.4 is 0 Å². The number of aromatic hydroxyl groups is 1. The number of phenolic OH excluding ortho intramolecular Hbond substituents is 1. The molecule has 0 saturated heterocycles. The number of fused-ring (bicyclic) bond motifs is 1. The van der Waals surface area contributed by atoms with Crippen molar-refractivity contribution in [2.24, 2.45) is 0 Å². The van der Waals surface area contributed by atoms with Gasteiger partial charge in [-0.05, 0) is 86.7 Å². The molecule has 1 unspecified atom stereocenters. The van der Waals surface area contributed by atoms with Crippen LogP contribution in [0.5, 0.6) is 5.75 Å². The standard InChI is InChI=1S/C28H24ClF3N2OS/c1-16-14-17(5-10-21(16)29)28(2)13-3-4-23-26(28)34(19-8-6-18(30)7-9-19)27(33-23)36-15-20-22(31)11-12-24(35)25(20)32/h5-12,14,35H,3-4,13,15H2,1-2H3. The molecule has 0 fully saturated rings. The highest BCUT2D eigenvalue weighted by Crippen LogP contribution is 2.46. The summed E-state index contributed by atoms with van der Waals surface area (Å²) in [5.74, 6) is -2.74. The second-order valence-corrected chi connectivity index (χ2v) is 10.6. The van der Waals surface area contributed by atoms with Crippen LogP contribution in [0.2, 0.25) is 5.02 Å². The van der Waals surface area contributed by atoms with Crippen molar-refractivity contribution in [1.29, 1.82) is 0 Å². The lowest BCUT2D eigenvalue weighted by atomic mass is 9.71. The Morgan fingerprint density at radius 3 is 2.56 bits per heavy atom. The summed E-state index contributed by atoms with van der Waals surface area (Å²) >= 11 is 7.49. The Morgan fingerprint density at radius 1 is 1.08 bits per heavy atom. The number of benzene rings is 3. The zero-order valence-corrected chi connectivity index (χ0v) is 21.4. The van der Waals surface area contributed by atoms with E-state index in [0.29, 0.717) is 15.9 Å². The zero-order chi connectivity index (χ0) is 25.6. The molecule has 0 aliphatic heterocycles. The van der Waals surface area contributed by atoms with Gasteiger partial charge in [0.2, 0.25) is 0 Å². The molecule has 186 valence electrons. The summed E-state index contributed by atoms with van der Waals surface area (Å²) in [4.78, 5) is 4.91. The summed E-state index contributed by atoms with van der Waals surface area (Å²) in [6.07, 6.45) is 2.55.